The topological polar surface area (TPSA) is 90.7 Å². The van der Waals surface area contributed by atoms with Crippen molar-refractivity contribution < 1.29 is 19.8 Å². The summed E-state index contributed by atoms with van der Waals surface area (Å²) in [5.74, 6) is -1.99. The number of hydrogen-bond donors (Lipinski definition) is 2. The number of nitrogens with zero attached hydrogens (tertiary/aromatic N) is 2. The molecule has 2 N–H and O–H groups in total. The molecule has 1 saturated heterocycles. The van der Waals surface area contributed by atoms with Crippen molar-refractivity contribution in [2.75, 3.05) is 4.90 Å². The molecule has 0 aliphatic carbocycles. The number of rotatable bonds is 3. The second-order valence-corrected chi connectivity index (χ2v) is 6.89. The summed E-state index contributed by atoms with van der Waals surface area (Å²) in [6.07, 6.45) is 2.99. The first-order chi connectivity index (χ1) is 13.1. The number of benzene rings is 1. The van der Waals surface area contributed by atoms with Crippen LogP contribution in [0.1, 0.15) is 16.5 Å². The summed E-state index contributed by atoms with van der Waals surface area (Å²) in [5, 5.41) is 22.9. The number of para-hydroxylation sites is 2. The van der Waals surface area contributed by atoms with Crippen LogP contribution < -0.4 is 4.90 Å². The van der Waals surface area contributed by atoms with Crippen molar-refractivity contribution in [2.45, 2.75) is 6.04 Å². The first-order valence-corrected chi connectivity index (χ1v) is 9.00. The Kier molecular flexibility index (Phi) is 4.21. The Morgan fingerprint density at radius 1 is 1.04 bits per heavy atom. The molecule has 6 nitrogen and oxygen atoms in total. The van der Waals surface area contributed by atoms with E-state index in [9.17, 15) is 19.8 Å². The first kappa shape index (κ1) is 17.0. The third-order valence-corrected chi connectivity index (χ3v) is 5.28. The third-order valence-electron chi connectivity index (χ3n) is 4.35. The van der Waals surface area contributed by atoms with Crippen molar-refractivity contribution in [1.29, 1.82) is 0 Å². The number of pyridine rings is 1. The van der Waals surface area contributed by atoms with E-state index in [0.29, 0.717) is 10.4 Å². The molecule has 1 unspecified atom stereocenters. The Balaban J connectivity index is 1.96. The Hall–Kier alpha value is -3.45. The van der Waals surface area contributed by atoms with Gasteiger partial charge in [-0.3, -0.25) is 19.5 Å². The summed E-state index contributed by atoms with van der Waals surface area (Å²) in [5.41, 5.74) is 0.588. The molecular weight excluding hydrogens is 364 g/mol. The Morgan fingerprint density at radius 2 is 1.78 bits per heavy atom. The van der Waals surface area contributed by atoms with Gasteiger partial charge in [0.15, 0.2) is 0 Å². The van der Waals surface area contributed by atoms with E-state index in [2.05, 4.69) is 4.98 Å². The number of ketones is 1. The highest BCUT2D eigenvalue weighted by Gasteiger charge is 2.48. The number of amides is 1. The van der Waals surface area contributed by atoms with Crippen LogP contribution in [-0.4, -0.2) is 26.9 Å². The minimum absolute atomic E-state index is 0.0168. The van der Waals surface area contributed by atoms with Gasteiger partial charge in [0, 0.05) is 22.8 Å². The lowest BCUT2D eigenvalue weighted by Gasteiger charge is -2.24. The Labute approximate surface area is 158 Å². The van der Waals surface area contributed by atoms with E-state index in [1.807, 2.05) is 5.38 Å². The highest BCUT2D eigenvalue weighted by molar-refractivity contribution is 7.10. The van der Waals surface area contributed by atoms with E-state index in [4.69, 9.17) is 0 Å². The monoisotopic (exact) mass is 378 g/mol. The summed E-state index contributed by atoms with van der Waals surface area (Å²) in [6, 6.07) is 12.2. The lowest BCUT2D eigenvalue weighted by Crippen LogP contribution is -2.29. The number of Topliss-reactive ketones (excluding diaryl/α,β-unsaturated/α-hetero) is 1. The van der Waals surface area contributed by atoms with Crippen LogP contribution in [-0.2, 0) is 9.59 Å². The highest BCUT2D eigenvalue weighted by Crippen LogP contribution is 2.45. The SMILES string of the molecule is O=C1C(=O)N(c2ccccc2O)C(c2cccs2)/C1=C(/O)c1ccncc1. The van der Waals surface area contributed by atoms with Gasteiger partial charge >= 0.3 is 0 Å². The zero-order chi connectivity index (χ0) is 19.0. The second-order valence-electron chi connectivity index (χ2n) is 5.91. The molecule has 0 spiro atoms. The van der Waals surface area contributed by atoms with Crippen LogP contribution in [0.5, 0.6) is 5.75 Å². The van der Waals surface area contributed by atoms with Crippen molar-refractivity contribution in [1.82, 2.24) is 4.98 Å². The lowest BCUT2D eigenvalue weighted by atomic mass is 10.0. The first-order valence-electron chi connectivity index (χ1n) is 8.12. The minimum Gasteiger partial charge on any atom is -0.507 e. The zero-order valence-corrected chi connectivity index (χ0v) is 14.8. The van der Waals surface area contributed by atoms with Crippen LogP contribution >= 0.6 is 11.3 Å². The third kappa shape index (κ3) is 2.78. The molecule has 3 aromatic rings. The number of anilines is 1. The van der Waals surface area contributed by atoms with Gasteiger partial charge in [0.1, 0.15) is 17.6 Å². The maximum atomic E-state index is 12.8. The number of aromatic hydroxyl groups is 1. The highest BCUT2D eigenvalue weighted by atomic mass is 32.1. The fraction of sp³-hybridized carbons (Fsp3) is 0.0500. The molecule has 1 aliphatic rings. The molecular formula is C20H14N2O4S. The number of aliphatic hydroxyl groups excluding tert-OH is 1. The molecule has 1 aliphatic heterocycles. The van der Waals surface area contributed by atoms with Crippen LogP contribution in [0, 0.1) is 0 Å². The number of carbonyl (C=O) groups excluding carboxylic acids is 2. The number of phenols is 1. The summed E-state index contributed by atoms with van der Waals surface area (Å²) in [7, 11) is 0. The van der Waals surface area contributed by atoms with E-state index in [1.54, 1.807) is 42.5 Å². The van der Waals surface area contributed by atoms with Gasteiger partial charge in [0.05, 0.1) is 11.3 Å². The minimum atomic E-state index is -0.827. The summed E-state index contributed by atoms with van der Waals surface area (Å²) < 4.78 is 0. The fourth-order valence-electron chi connectivity index (χ4n) is 3.13. The van der Waals surface area contributed by atoms with Crippen LogP contribution in [0.15, 0.2) is 71.9 Å². The molecule has 7 heteroatoms. The number of phenolic OH excluding ortho intramolecular Hbond substituents is 1. The predicted molar refractivity (Wildman–Crippen MR) is 101 cm³/mol. The van der Waals surface area contributed by atoms with Gasteiger partial charge < -0.3 is 10.2 Å². The average Bonchev–Trinajstić information content (AvgIpc) is 3.30. The smallest absolute Gasteiger partial charge is 0.300 e. The molecule has 0 saturated carbocycles. The largest absolute Gasteiger partial charge is 0.507 e. The molecule has 4 rings (SSSR count). The van der Waals surface area contributed by atoms with Crippen molar-refractivity contribution >= 4 is 34.5 Å². The van der Waals surface area contributed by atoms with E-state index in [0.717, 1.165) is 0 Å². The fourth-order valence-corrected chi connectivity index (χ4v) is 3.95. The number of aliphatic hydroxyl groups is 1. The van der Waals surface area contributed by atoms with Gasteiger partial charge in [-0.1, -0.05) is 18.2 Å². The normalized spacial score (nSPS) is 18.8. The van der Waals surface area contributed by atoms with E-state index < -0.39 is 17.7 Å². The molecule has 1 amide bonds. The van der Waals surface area contributed by atoms with Crippen molar-refractivity contribution in [3.05, 3.63) is 82.3 Å². The molecule has 1 fully saturated rings. The summed E-state index contributed by atoms with van der Waals surface area (Å²) in [6.45, 7) is 0. The van der Waals surface area contributed by atoms with E-state index in [1.165, 1.54) is 34.7 Å². The predicted octanol–water partition coefficient (Wildman–Crippen LogP) is 3.48. The molecule has 2 aromatic heterocycles. The van der Waals surface area contributed by atoms with E-state index >= 15 is 0 Å². The molecule has 3 heterocycles. The average molecular weight is 378 g/mol. The molecule has 0 bridgehead atoms. The zero-order valence-electron chi connectivity index (χ0n) is 13.9. The molecule has 27 heavy (non-hydrogen) atoms. The molecule has 0 radical (unpaired) electrons. The quantitative estimate of drug-likeness (QED) is 0.414. The van der Waals surface area contributed by atoms with Crippen LogP contribution in [0.25, 0.3) is 5.76 Å². The van der Waals surface area contributed by atoms with Gasteiger partial charge in [0.2, 0.25) is 0 Å². The standard InChI is InChI=1S/C20H14N2O4S/c23-14-5-2-1-4-13(14)22-17(15-6-3-11-27-15)16(19(25)20(22)26)18(24)12-7-9-21-10-8-12/h1-11,17,23-24H/b18-16-. The molecule has 1 atom stereocenters. The number of carbonyl (C=O) groups is 2. The van der Waals surface area contributed by atoms with Crippen LogP contribution in [0.3, 0.4) is 0 Å². The van der Waals surface area contributed by atoms with Gasteiger partial charge in [-0.15, -0.1) is 11.3 Å². The maximum Gasteiger partial charge on any atom is 0.300 e. The van der Waals surface area contributed by atoms with Crippen molar-refractivity contribution in [2.24, 2.45) is 0 Å². The number of thiophene rings is 1. The Bertz CT molecular complexity index is 1040. The van der Waals surface area contributed by atoms with Gasteiger partial charge in [-0.25, -0.2) is 0 Å². The van der Waals surface area contributed by atoms with Gasteiger partial charge in [-0.05, 0) is 35.7 Å². The number of hydrogen-bond acceptors (Lipinski definition) is 6. The van der Waals surface area contributed by atoms with Crippen LogP contribution in [0.4, 0.5) is 5.69 Å². The van der Waals surface area contributed by atoms with Gasteiger partial charge in [-0.2, -0.15) is 0 Å². The van der Waals surface area contributed by atoms with E-state index in [-0.39, 0.29) is 22.8 Å². The molecule has 1 aromatic carbocycles. The molecule has 134 valence electrons. The number of aromatic nitrogens is 1. The van der Waals surface area contributed by atoms with Crippen molar-refractivity contribution in [3.8, 4) is 5.75 Å². The van der Waals surface area contributed by atoms with Crippen molar-refractivity contribution in [3.63, 3.8) is 0 Å². The van der Waals surface area contributed by atoms with Gasteiger partial charge in [0.25, 0.3) is 11.7 Å². The maximum absolute atomic E-state index is 12.8. The summed E-state index contributed by atoms with van der Waals surface area (Å²) >= 11 is 1.36. The second kappa shape index (κ2) is 6.69. The summed E-state index contributed by atoms with van der Waals surface area (Å²) in [4.78, 5) is 31.5. The lowest BCUT2D eigenvalue weighted by molar-refractivity contribution is -0.132. The van der Waals surface area contributed by atoms with Crippen LogP contribution in [0.2, 0.25) is 0 Å². The Morgan fingerprint density at radius 3 is 2.44 bits per heavy atom.